The predicted molar refractivity (Wildman–Crippen MR) is 73.8 cm³/mol. The van der Waals surface area contributed by atoms with Crippen LogP contribution in [0.15, 0.2) is 12.7 Å². The first-order valence-electron chi connectivity index (χ1n) is 6.77. The minimum Gasteiger partial charge on any atom is -0.446 e. The number of esters is 1. The van der Waals surface area contributed by atoms with Crippen molar-refractivity contribution in [1.82, 2.24) is 0 Å². The van der Waals surface area contributed by atoms with Crippen molar-refractivity contribution in [3.8, 4) is 11.8 Å². The van der Waals surface area contributed by atoms with Gasteiger partial charge in [-0.2, -0.15) is 0 Å². The van der Waals surface area contributed by atoms with Gasteiger partial charge in [-0.3, -0.25) is 4.79 Å². The number of ether oxygens (including phenoxy) is 2. The second-order valence-electron chi connectivity index (χ2n) is 4.99. The number of quaternary nitrogens is 1. The summed E-state index contributed by atoms with van der Waals surface area (Å²) in [6.07, 6.45) is 3.28. The topological polar surface area (TPSA) is 40.0 Å². The highest BCUT2D eigenvalue weighted by Crippen LogP contribution is 2.17. The molecule has 0 unspecified atom stereocenters. The van der Waals surface area contributed by atoms with Crippen LogP contribution < -0.4 is 4.90 Å². The first-order valence-corrected chi connectivity index (χ1v) is 6.77. The SMILES string of the molecule is C=CCC[C@](C)(C#CC[NH+]1CCOCC1)OC(C)=O. The summed E-state index contributed by atoms with van der Waals surface area (Å²) in [6, 6.07) is 0. The predicted octanol–water partition coefficient (Wildman–Crippen LogP) is 0.193. The van der Waals surface area contributed by atoms with E-state index in [-0.39, 0.29) is 5.97 Å². The van der Waals surface area contributed by atoms with Crippen molar-refractivity contribution in [3.05, 3.63) is 12.7 Å². The number of nitrogens with one attached hydrogen (secondary N) is 1. The first-order chi connectivity index (χ1) is 9.06. The van der Waals surface area contributed by atoms with Gasteiger partial charge in [-0.05, 0) is 25.2 Å². The van der Waals surface area contributed by atoms with Gasteiger partial charge in [0.25, 0.3) is 0 Å². The fraction of sp³-hybridized carbons (Fsp3) is 0.667. The van der Waals surface area contributed by atoms with Crippen molar-refractivity contribution >= 4 is 5.97 Å². The van der Waals surface area contributed by atoms with Crippen molar-refractivity contribution < 1.29 is 19.2 Å². The van der Waals surface area contributed by atoms with Crippen molar-refractivity contribution in [2.75, 3.05) is 32.8 Å². The molecule has 19 heavy (non-hydrogen) atoms. The Bertz CT molecular complexity index is 363. The van der Waals surface area contributed by atoms with Crippen molar-refractivity contribution in [3.63, 3.8) is 0 Å². The summed E-state index contributed by atoms with van der Waals surface area (Å²) < 4.78 is 10.6. The van der Waals surface area contributed by atoms with Gasteiger partial charge >= 0.3 is 5.97 Å². The quantitative estimate of drug-likeness (QED) is 0.439. The van der Waals surface area contributed by atoms with Gasteiger partial charge in [0, 0.05) is 13.3 Å². The van der Waals surface area contributed by atoms with E-state index < -0.39 is 5.60 Å². The number of allylic oxidation sites excluding steroid dienone is 1. The molecule has 1 rings (SSSR count). The molecule has 0 radical (unpaired) electrons. The standard InChI is InChI=1S/C15H23NO3/c1-4-5-7-15(3,19-14(2)17)8-6-9-16-10-12-18-13-11-16/h4H,1,5,7,9-13H2,2-3H3/p+1/t15-/m1/s1. The van der Waals surface area contributed by atoms with Crippen LogP contribution in [0.25, 0.3) is 0 Å². The van der Waals surface area contributed by atoms with Crippen molar-refractivity contribution in [2.24, 2.45) is 0 Å². The van der Waals surface area contributed by atoms with Gasteiger partial charge in [0.1, 0.15) is 19.6 Å². The van der Waals surface area contributed by atoms with Crippen LogP contribution in [0, 0.1) is 11.8 Å². The van der Waals surface area contributed by atoms with Crippen LogP contribution >= 0.6 is 0 Å². The zero-order valence-electron chi connectivity index (χ0n) is 12.0. The third-order valence-electron chi connectivity index (χ3n) is 3.09. The fourth-order valence-electron chi connectivity index (χ4n) is 2.03. The molecule has 1 heterocycles. The summed E-state index contributed by atoms with van der Waals surface area (Å²) in [7, 11) is 0. The Kier molecular flexibility index (Phi) is 6.61. The highest BCUT2D eigenvalue weighted by Gasteiger charge is 2.24. The van der Waals surface area contributed by atoms with Gasteiger partial charge < -0.3 is 14.4 Å². The molecule has 1 saturated heterocycles. The van der Waals surface area contributed by atoms with Gasteiger partial charge in [-0.25, -0.2) is 0 Å². The van der Waals surface area contributed by atoms with Crippen LogP contribution in [-0.2, 0) is 14.3 Å². The Balaban J connectivity index is 2.54. The Labute approximate surface area is 115 Å². The van der Waals surface area contributed by atoms with E-state index in [0.29, 0.717) is 6.42 Å². The Morgan fingerprint density at radius 2 is 2.21 bits per heavy atom. The molecule has 1 aliphatic heterocycles. The summed E-state index contributed by atoms with van der Waals surface area (Å²) >= 11 is 0. The minimum absolute atomic E-state index is 0.292. The number of hydrogen-bond acceptors (Lipinski definition) is 3. The highest BCUT2D eigenvalue weighted by molar-refractivity contribution is 5.67. The molecule has 0 aromatic heterocycles. The fourth-order valence-corrected chi connectivity index (χ4v) is 2.03. The van der Waals surface area contributed by atoms with E-state index in [1.165, 1.54) is 11.8 Å². The lowest BCUT2D eigenvalue weighted by molar-refractivity contribution is -0.900. The van der Waals surface area contributed by atoms with Gasteiger partial charge in [-0.1, -0.05) is 6.08 Å². The van der Waals surface area contributed by atoms with Crippen molar-refractivity contribution in [1.29, 1.82) is 0 Å². The maximum atomic E-state index is 11.1. The average Bonchev–Trinajstić information content (AvgIpc) is 2.37. The lowest BCUT2D eigenvalue weighted by atomic mass is 10.0. The molecule has 1 aliphatic rings. The van der Waals surface area contributed by atoms with Crippen molar-refractivity contribution in [2.45, 2.75) is 32.3 Å². The van der Waals surface area contributed by atoms with Crippen LogP contribution in [0.1, 0.15) is 26.7 Å². The molecule has 106 valence electrons. The third-order valence-corrected chi connectivity index (χ3v) is 3.09. The van der Waals surface area contributed by atoms with Gasteiger partial charge in [0.2, 0.25) is 0 Å². The van der Waals surface area contributed by atoms with E-state index in [9.17, 15) is 4.79 Å². The maximum Gasteiger partial charge on any atom is 0.304 e. The molecular weight excluding hydrogens is 242 g/mol. The lowest BCUT2D eigenvalue weighted by Gasteiger charge is -2.24. The van der Waals surface area contributed by atoms with E-state index in [1.54, 1.807) is 0 Å². The van der Waals surface area contributed by atoms with Gasteiger partial charge in [-0.15, -0.1) is 6.58 Å². The molecule has 1 N–H and O–H groups in total. The minimum atomic E-state index is -0.703. The summed E-state index contributed by atoms with van der Waals surface area (Å²) in [4.78, 5) is 12.6. The first kappa shape index (κ1) is 15.7. The molecule has 0 aliphatic carbocycles. The molecule has 0 spiro atoms. The molecule has 0 bridgehead atoms. The van der Waals surface area contributed by atoms with Gasteiger partial charge in [0.15, 0.2) is 5.60 Å². The monoisotopic (exact) mass is 266 g/mol. The zero-order valence-corrected chi connectivity index (χ0v) is 12.0. The Morgan fingerprint density at radius 3 is 2.79 bits per heavy atom. The molecule has 0 amide bonds. The number of morpholine rings is 1. The molecule has 0 aromatic rings. The second kappa shape index (κ2) is 7.98. The van der Waals surface area contributed by atoms with Gasteiger partial charge in [0.05, 0.1) is 13.2 Å². The summed E-state index contributed by atoms with van der Waals surface area (Å²) in [5.74, 6) is 5.97. The molecule has 1 fully saturated rings. The summed E-state index contributed by atoms with van der Waals surface area (Å²) in [6.45, 7) is 11.3. The average molecular weight is 266 g/mol. The van der Waals surface area contributed by atoms with Crippen LogP contribution in [0.2, 0.25) is 0 Å². The van der Waals surface area contributed by atoms with E-state index >= 15 is 0 Å². The number of rotatable bonds is 5. The molecule has 4 nitrogen and oxygen atoms in total. The largest absolute Gasteiger partial charge is 0.446 e. The van der Waals surface area contributed by atoms with E-state index in [1.807, 2.05) is 13.0 Å². The van der Waals surface area contributed by atoms with Crippen LogP contribution in [-0.4, -0.2) is 44.4 Å². The summed E-state index contributed by atoms with van der Waals surface area (Å²) in [5, 5.41) is 0. The molecule has 1 atom stereocenters. The summed E-state index contributed by atoms with van der Waals surface area (Å²) in [5.41, 5.74) is -0.703. The number of hydrogen-bond donors (Lipinski definition) is 1. The van der Waals surface area contributed by atoms with E-state index in [4.69, 9.17) is 9.47 Å². The Hall–Kier alpha value is -1.31. The Morgan fingerprint density at radius 1 is 1.53 bits per heavy atom. The second-order valence-corrected chi connectivity index (χ2v) is 4.99. The molecule has 0 saturated carbocycles. The zero-order chi connectivity index (χ0) is 14.1. The van der Waals surface area contributed by atoms with Crippen LogP contribution in [0.3, 0.4) is 0 Å². The number of carbonyl (C=O) groups excluding carboxylic acids is 1. The maximum absolute atomic E-state index is 11.1. The normalized spacial score (nSPS) is 18.8. The van der Waals surface area contributed by atoms with Crippen LogP contribution in [0.4, 0.5) is 0 Å². The third kappa shape index (κ3) is 6.42. The molecule has 4 heteroatoms. The van der Waals surface area contributed by atoms with Crippen LogP contribution in [0.5, 0.6) is 0 Å². The van der Waals surface area contributed by atoms with E-state index in [0.717, 1.165) is 39.3 Å². The lowest BCUT2D eigenvalue weighted by Crippen LogP contribution is -3.14. The highest BCUT2D eigenvalue weighted by atomic mass is 16.6. The smallest absolute Gasteiger partial charge is 0.304 e. The van der Waals surface area contributed by atoms with E-state index in [2.05, 4.69) is 18.4 Å². The molecular formula is C15H24NO3+. The number of carbonyl (C=O) groups is 1. The molecule has 0 aromatic carbocycles.